The standard InChI is InChI=1S/C22H24F4N6O3S.C5H11N.H2/c1-13-28-18(12-32(13)19-5-4-15(35-2)10-17(19)23)20-16(22(24,25)26)11-27-21(30-20)29-14-6-8-31(9-7-14)36(3,33)34;1-6-4-2-3-5-6;/h4-5,10-12,14H,6-9H2,1-3H3,(H,27,29,30);2-5H2,1H3;1H. The number of imidazole rings is 1. The molecular weight excluding hydrogens is 578 g/mol. The molecule has 2 aliphatic heterocycles. The van der Waals surface area contributed by atoms with Crippen molar-refractivity contribution in [2.75, 3.05) is 51.9 Å². The molecule has 4 heterocycles. The number of rotatable bonds is 6. The SMILES string of the molecule is CN1CCCC1.COc1ccc(-n2cc(-c3nc(NC4CCN(S(C)(=O)=O)CC4)ncc3C(F)(F)F)nc2C)c(F)c1.[HH]. The number of nitrogens with one attached hydrogen (secondary N) is 1. The van der Waals surface area contributed by atoms with Gasteiger partial charge in [-0.15, -0.1) is 0 Å². The summed E-state index contributed by atoms with van der Waals surface area (Å²) in [5, 5.41) is 3.00. The number of benzene rings is 1. The minimum atomic E-state index is -4.75. The summed E-state index contributed by atoms with van der Waals surface area (Å²) in [6.07, 6.45) is 2.05. The predicted molar refractivity (Wildman–Crippen MR) is 153 cm³/mol. The van der Waals surface area contributed by atoms with Crippen LogP contribution in [0.4, 0.5) is 23.5 Å². The van der Waals surface area contributed by atoms with Gasteiger partial charge in [-0.2, -0.15) is 13.2 Å². The smallest absolute Gasteiger partial charge is 0.420 e. The molecule has 232 valence electrons. The minimum Gasteiger partial charge on any atom is -0.497 e. The fourth-order valence-electron chi connectivity index (χ4n) is 4.88. The Morgan fingerprint density at radius 2 is 1.76 bits per heavy atom. The van der Waals surface area contributed by atoms with Gasteiger partial charge in [0.2, 0.25) is 16.0 Å². The first kappa shape index (κ1) is 31.6. The van der Waals surface area contributed by atoms with Crippen LogP contribution in [0.5, 0.6) is 5.75 Å². The van der Waals surface area contributed by atoms with Crippen LogP contribution in [-0.4, -0.2) is 89.8 Å². The molecule has 1 aromatic carbocycles. The fourth-order valence-corrected chi connectivity index (χ4v) is 5.76. The van der Waals surface area contributed by atoms with Crippen LogP contribution in [0.3, 0.4) is 0 Å². The minimum absolute atomic E-state index is 0. The van der Waals surface area contributed by atoms with Crippen LogP contribution in [0.1, 0.15) is 38.5 Å². The van der Waals surface area contributed by atoms with Gasteiger partial charge in [-0.3, -0.25) is 0 Å². The zero-order valence-corrected chi connectivity index (χ0v) is 24.8. The van der Waals surface area contributed by atoms with Gasteiger partial charge >= 0.3 is 6.18 Å². The highest BCUT2D eigenvalue weighted by molar-refractivity contribution is 7.88. The average molecular weight is 616 g/mol. The maximum absolute atomic E-state index is 14.6. The number of aryl methyl sites for hydroxylation is 1. The lowest BCUT2D eigenvalue weighted by Crippen LogP contribution is -2.42. The Hall–Kier alpha value is -3.30. The monoisotopic (exact) mass is 615 g/mol. The van der Waals surface area contributed by atoms with E-state index in [4.69, 9.17) is 4.74 Å². The van der Waals surface area contributed by atoms with Gasteiger partial charge in [0, 0.05) is 39.0 Å². The first-order valence-electron chi connectivity index (χ1n) is 13.5. The molecule has 0 bridgehead atoms. The van der Waals surface area contributed by atoms with Crippen molar-refractivity contribution in [3.05, 3.63) is 47.8 Å². The van der Waals surface area contributed by atoms with Crippen molar-refractivity contribution in [3.63, 3.8) is 0 Å². The van der Waals surface area contributed by atoms with Crippen LogP contribution >= 0.6 is 0 Å². The van der Waals surface area contributed by atoms with E-state index < -0.39 is 33.3 Å². The summed E-state index contributed by atoms with van der Waals surface area (Å²) in [6, 6.07) is 3.91. The van der Waals surface area contributed by atoms with Crippen molar-refractivity contribution < 1.29 is 32.1 Å². The Labute approximate surface area is 244 Å². The second-order valence-corrected chi connectivity index (χ2v) is 12.4. The normalized spacial score (nSPS) is 17.1. The Balaban J connectivity index is 0.000000645. The summed E-state index contributed by atoms with van der Waals surface area (Å²) in [6.45, 7) is 4.73. The molecule has 0 saturated carbocycles. The summed E-state index contributed by atoms with van der Waals surface area (Å²) < 4.78 is 87.1. The molecule has 0 amide bonds. The summed E-state index contributed by atoms with van der Waals surface area (Å²) >= 11 is 0. The van der Waals surface area contributed by atoms with E-state index in [1.807, 2.05) is 0 Å². The van der Waals surface area contributed by atoms with Crippen LogP contribution in [0.25, 0.3) is 17.1 Å². The number of likely N-dealkylation sites (tertiary alicyclic amines) is 1. The molecular formula is C27H37F4N7O3S. The number of ether oxygens (including phenoxy) is 1. The zero-order chi connectivity index (χ0) is 30.7. The number of halogens is 4. The molecule has 10 nitrogen and oxygen atoms in total. The number of hydrogen-bond donors (Lipinski definition) is 1. The molecule has 0 radical (unpaired) electrons. The molecule has 2 aromatic heterocycles. The molecule has 0 unspecified atom stereocenters. The van der Waals surface area contributed by atoms with Crippen molar-refractivity contribution >= 4 is 16.0 Å². The summed E-state index contributed by atoms with van der Waals surface area (Å²) in [7, 11) is 0.252. The van der Waals surface area contributed by atoms with Crippen molar-refractivity contribution in [1.82, 2.24) is 28.7 Å². The van der Waals surface area contributed by atoms with E-state index in [0.29, 0.717) is 24.8 Å². The summed E-state index contributed by atoms with van der Waals surface area (Å²) in [5.41, 5.74) is -1.55. The third-order valence-corrected chi connectivity index (χ3v) is 8.52. The first-order chi connectivity index (χ1) is 19.8. The molecule has 1 N–H and O–H groups in total. The number of aromatic nitrogens is 4. The number of hydrogen-bond acceptors (Lipinski definition) is 8. The number of sulfonamides is 1. The molecule has 15 heteroatoms. The van der Waals surface area contributed by atoms with E-state index in [1.54, 1.807) is 0 Å². The van der Waals surface area contributed by atoms with Gasteiger partial charge in [-0.1, -0.05) is 0 Å². The van der Waals surface area contributed by atoms with Crippen LogP contribution in [0.2, 0.25) is 0 Å². The highest BCUT2D eigenvalue weighted by atomic mass is 32.2. The van der Waals surface area contributed by atoms with Crippen LogP contribution < -0.4 is 10.1 Å². The first-order valence-corrected chi connectivity index (χ1v) is 15.4. The lowest BCUT2D eigenvalue weighted by atomic mass is 10.1. The van der Waals surface area contributed by atoms with Gasteiger partial charge in [-0.25, -0.2) is 32.1 Å². The van der Waals surface area contributed by atoms with E-state index >= 15 is 0 Å². The Morgan fingerprint density at radius 3 is 2.29 bits per heavy atom. The molecule has 2 aliphatic rings. The molecule has 2 saturated heterocycles. The van der Waals surface area contributed by atoms with Gasteiger partial charge in [0.25, 0.3) is 0 Å². The topological polar surface area (TPSA) is 105 Å². The number of piperidine rings is 1. The largest absolute Gasteiger partial charge is 0.497 e. The Morgan fingerprint density at radius 1 is 1.10 bits per heavy atom. The highest BCUT2D eigenvalue weighted by Crippen LogP contribution is 2.36. The van der Waals surface area contributed by atoms with Gasteiger partial charge in [0.1, 0.15) is 28.5 Å². The van der Waals surface area contributed by atoms with E-state index in [2.05, 4.69) is 32.2 Å². The quantitative estimate of drug-likeness (QED) is 0.402. The molecule has 0 atom stereocenters. The second kappa shape index (κ2) is 12.9. The third-order valence-electron chi connectivity index (χ3n) is 7.22. The van der Waals surface area contributed by atoms with Crippen molar-refractivity contribution in [1.29, 1.82) is 0 Å². The maximum Gasteiger partial charge on any atom is 0.420 e. The van der Waals surface area contributed by atoms with Crippen LogP contribution in [-0.2, 0) is 16.2 Å². The summed E-state index contributed by atoms with van der Waals surface area (Å²) in [4.78, 5) is 14.5. The van der Waals surface area contributed by atoms with Crippen LogP contribution in [0, 0.1) is 12.7 Å². The lowest BCUT2D eigenvalue weighted by molar-refractivity contribution is -0.137. The van der Waals surface area contributed by atoms with Crippen LogP contribution in [0.15, 0.2) is 30.6 Å². The number of nitrogens with zero attached hydrogens (tertiary/aromatic N) is 6. The van der Waals surface area contributed by atoms with E-state index in [1.165, 1.54) is 67.2 Å². The summed E-state index contributed by atoms with van der Waals surface area (Å²) in [5.74, 6) is -0.132. The van der Waals surface area contributed by atoms with Crippen molar-refractivity contribution in [2.24, 2.45) is 0 Å². The second-order valence-electron chi connectivity index (χ2n) is 10.4. The molecule has 2 fully saturated rings. The lowest BCUT2D eigenvalue weighted by Gasteiger charge is -2.30. The number of anilines is 1. The average Bonchev–Trinajstić information content (AvgIpc) is 3.56. The molecule has 42 heavy (non-hydrogen) atoms. The van der Waals surface area contributed by atoms with E-state index in [-0.39, 0.29) is 43.7 Å². The predicted octanol–water partition coefficient (Wildman–Crippen LogP) is 4.60. The molecule has 3 aromatic rings. The molecule has 0 aliphatic carbocycles. The maximum atomic E-state index is 14.6. The van der Waals surface area contributed by atoms with Gasteiger partial charge in [0.05, 0.1) is 19.1 Å². The highest BCUT2D eigenvalue weighted by Gasteiger charge is 2.36. The molecule has 0 spiro atoms. The van der Waals surface area contributed by atoms with Gasteiger partial charge < -0.3 is 19.5 Å². The van der Waals surface area contributed by atoms with Gasteiger partial charge in [0.15, 0.2) is 5.82 Å². The number of alkyl halides is 3. The van der Waals surface area contributed by atoms with Gasteiger partial charge in [-0.05, 0) is 64.9 Å². The Kier molecular flexibility index (Phi) is 9.73. The molecule has 5 rings (SSSR count). The van der Waals surface area contributed by atoms with Crippen molar-refractivity contribution in [3.8, 4) is 22.8 Å². The third kappa shape index (κ3) is 7.75. The number of methoxy groups -OCH3 is 1. The van der Waals surface area contributed by atoms with E-state index in [9.17, 15) is 26.0 Å². The fraction of sp³-hybridized carbons (Fsp3) is 0.519. The van der Waals surface area contributed by atoms with Crippen molar-refractivity contribution in [2.45, 2.75) is 44.8 Å². The zero-order valence-electron chi connectivity index (χ0n) is 23.9. The van der Waals surface area contributed by atoms with E-state index in [0.717, 1.165) is 12.3 Å². The Bertz CT molecular complexity index is 1490.